The molecular weight excluding hydrogens is 263 g/mol. The Morgan fingerprint density at radius 2 is 2.05 bits per heavy atom. The van der Waals surface area contributed by atoms with Crippen molar-refractivity contribution >= 4 is 28.2 Å². The van der Waals surface area contributed by atoms with Crippen LogP contribution in [0.2, 0.25) is 5.02 Å². The number of fused-ring (bicyclic) bond motifs is 1. The molecule has 0 aliphatic rings. The molecule has 0 spiro atoms. The van der Waals surface area contributed by atoms with Crippen LogP contribution < -0.4 is 5.32 Å². The molecule has 0 saturated heterocycles. The average Bonchev–Trinajstić information content (AvgIpc) is 2.38. The van der Waals surface area contributed by atoms with Gasteiger partial charge in [-0.3, -0.25) is 4.98 Å². The summed E-state index contributed by atoms with van der Waals surface area (Å²) in [7, 11) is 0. The summed E-state index contributed by atoms with van der Waals surface area (Å²) in [6.07, 6.45) is 1.91. The standard InChI is InChI=1S/C15H18ClFN2/c1-4-6-18-15-10(5-2)9(3)19-14-8-13(17)12(16)7-11(14)15/h7-8H,4-6H2,1-3H3,(H,18,19). The first-order valence-electron chi connectivity index (χ1n) is 6.60. The fourth-order valence-electron chi connectivity index (χ4n) is 2.31. The zero-order chi connectivity index (χ0) is 14.0. The normalized spacial score (nSPS) is 11.0. The highest BCUT2D eigenvalue weighted by Crippen LogP contribution is 2.32. The number of aryl methyl sites for hydroxylation is 1. The number of benzene rings is 1. The second-order valence-corrected chi connectivity index (χ2v) is 5.02. The second kappa shape index (κ2) is 5.74. The number of pyridine rings is 1. The minimum Gasteiger partial charge on any atom is -0.384 e. The molecule has 2 nitrogen and oxygen atoms in total. The van der Waals surface area contributed by atoms with Gasteiger partial charge < -0.3 is 5.32 Å². The third kappa shape index (κ3) is 2.66. The highest BCUT2D eigenvalue weighted by atomic mass is 35.5. The summed E-state index contributed by atoms with van der Waals surface area (Å²) < 4.78 is 13.6. The van der Waals surface area contributed by atoms with Crippen LogP contribution in [0.15, 0.2) is 12.1 Å². The first-order chi connectivity index (χ1) is 9.08. The maximum absolute atomic E-state index is 13.6. The molecule has 0 atom stereocenters. The molecule has 102 valence electrons. The molecule has 19 heavy (non-hydrogen) atoms. The number of anilines is 1. The molecular formula is C15H18ClFN2. The molecule has 0 bridgehead atoms. The molecule has 1 aromatic carbocycles. The van der Waals surface area contributed by atoms with Crippen LogP contribution in [-0.2, 0) is 6.42 Å². The first-order valence-corrected chi connectivity index (χ1v) is 6.98. The zero-order valence-electron chi connectivity index (χ0n) is 11.5. The largest absolute Gasteiger partial charge is 0.384 e. The minimum absolute atomic E-state index is 0.139. The lowest BCUT2D eigenvalue weighted by Gasteiger charge is -2.16. The van der Waals surface area contributed by atoms with E-state index in [0.29, 0.717) is 5.52 Å². The van der Waals surface area contributed by atoms with Gasteiger partial charge in [0.1, 0.15) is 5.82 Å². The Bertz CT molecular complexity index is 611. The van der Waals surface area contributed by atoms with Crippen molar-refractivity contribution < 1.29 is 4.39 Å². The lowest BCUT2D eigenvalue weighted by atomic mass is 10.0. The first kappa shape index (κ1) is 14.1. The summed E-state index contributed by atoms with van der Waals surface area (Å²) >= 11 is 5.90. The van der Waals surface area contributed by atoms with Crippen molar-refractivity contribution in [2.45, 2.75) is 33.6 Å². The number of halogens is 2. The van der Waals surface area contributed by atoms with E-state index in [1.165, 1.54) is 11.6 Å². The van der Waals surface area contributed by atoms with Crippen LogP contribution >= 0.6 is 11.6 Å². The van der Waals surface area contributed by atoms with Gasteiger partial charge >= 0.3 is 0 Å². The monoisotopic (exact) mass is 280 g/mol. The maximum Gasteiger partial charge on any atom is 0.143 e. The van der Waals surface area contributed by atoms with E-state index in [0.717, 1.165) is 36.2 Å². The molecule has 0 aliphatic carbocycles. The third-order valence-corrected chi connectivity index (χ3v) is 3.53. The van der Waals surface area contributed by atoms with Crippen molar-refractivity contribution in [2.24, 2.45) is 0 Å². The summed E-state index contributed by atoms with van der Waals surface area (Å²) in [5.41, 5.74) is 3.79. The molecule has 2 rings (SSSR count). The van der Waals surface area contributed by atoms with Crippen molar-refractivity contribution in [3.8, 4) is 0 Å². The Hall–Kier alpha value is -1.35. The van der Waals surface area contributed by atoms with E-state index in [9.17, 15) is 4.39 Å². The van der Waals surface area contributed by atoms with Crippen molar-refractivity contribution in [3.63, 3.8) is 0 Å². The van der Waals surface area contributed by atoms with Crippen LogP contribution in [0.1, 0.15) is 31.5 Å². The van der Waals surface area contributed by atoms with Crippen LogP contribution in [0.5, 0.6) is 0 Å². The summed E-state index contributed by atoms with van der Waals surface area (Å²) in [4.78, 5) is 4.48. The van der Waals surface area contributed by atoms with Gasteiger partial charge in [-0.2, -0.15) is 0 Å². The Labute approximate surface area is 118 Å². The Morgan fingerprint density at radius 3 is 2.68 bits per heavy atom. The predicted molar refractivity (Wildman–Crippen MR) is 79.6 cm³/mol. The summed E-state index contributed by atoms with van der Waals surface area (Å²) in [6, 6.07) is 3.07. The van der Waals surface area contributed by atoms with E-state index in [1.54, 1.807) is 6.07 Å². The van der Waals surface area contributed by atoms with E-state index in [4.69, 9.17) is 11.6 Å². The lowest BCUT2D eigenvalue weighted by Crippen LogP contribution is -2.06. The lowest BCUT2D eigenvalue weighted by molar-refractivity contribution is 0.630. The number of nitrogens with zero attached hydrogens (tertiary/aromatic N) is 1. The van der Waals surface area contributed by atoms with Gasteiger partial charge in [-0.1, -0.05) is 25.4 Å². The van der Waals surface area contributed by atoms with Gasteiger partial charge in [0.05, 0.1) is 10.5 Å². The summed E-state index contributed by atoms with van der Waals surface area (Å²) in [5, 5.41) is 4.45. The van der Waals surface area contributed by atoms with Gasteiger partial charge in [0, 0.05) is 29.4 Å². The maximum atomic E-state index is 13.6. The van der Waals surface area contributed by atoms with Crippen molar-refractivity contribution in [1.82, 2.24) is 4.98 Å². The number of aromatic nitrogens is 1. The van der Waals surface area contributed by atoms with Crippen LogP contribution in [0, 0.1) is 12.7 Å². The van der Waals surface area contributed by atoms with Gasteiger partial charge in [0.25, 0.3) is 0 Å². The fourth-order valence-corrected chi connectivity index (χ4v) is 2.47. The topological polar surface area (TPSA) is 24.9 Å². The molecule has 1 aromatic heterocycles. The van der Waals surface area contributed by atoms with Crippen LogP contribution in [-0.4, -0.2) is 11.5 Å². The van der Waals surface area contributed by atoms with Crippen LogP contribution in [0.25, 0.3) is 10.9 Å². The van der Waals surface area contributed by atoms with Crippen LogP contribution in [0.3, 0.4) is 0 Å². The van der Waals surface area contributed by atoms with E-state index in [1.807, 2.05) is 6.92 Å². The van der Waals surface area contributed by atoms with Crippen molar-refractivity contribution in [1.29, 1.82) is 0 Å². The fraction of sp³-hybridized carbons (Fsp3) is 0.400. The van der Waals surface area contributed by atoms with E-state index in [-0.39, 0.29) is 5.02 Å². The van der Waals surface area contributed by atoms with E-state index < -0.39 is 5.82 Å². The van der Waals surface area contributed by atoms with Gasteiger partial charge in [0.15, 0.2) is 0 Å². The number of hydrogen-bond acceptors (Lipinski definition) is 2. The molecule has 0 amide bonds. The minimum atomic E-state index is -0.424. The number of nitrogens with one attached hydrogen (secondary N) is 1. The Balaban J connectivity index is 2.73. The average molecular weight is 281 g/mol. The second-order valence-electron chi connectivity index (χ2n) is 4.61. The van der Waals surface area contributed by atoms with Gasteiger partial charge in [-0.05, 0) is 31.4 Å². The van der Waals surface area contributed by atoms with Gasteiger partial charge in [-0.25, -0.2) is 4.39 Å². The highest BCUT2D eigenvalue weighted by Gasteiger charge is 2.13. The van der Waals surface area contributed by atoms with Gasteiger partial charge in [-0.15, -0.1) is 0 Å². The van der Waals surface area contributed by atoms with E-state index in [2.05, 4.69) is 24.1 Å². The highest BCUT2D eigenvalue weighted by molar-refractivity contribution is 6.31. The molecule has 0 saturated carbocycles. The summed E-state index contributed by atoms with van der Waals surface area (Å²) in [6.45, 7) is 7.04. The Morgan fingerprint density at radius 1 is 1.32 bits per heavy atom. The molecule has 0 unspecified atom stereocenters. The molecule has 4 heteroatoms. The molecule has 0 radical (unpaired) electrons. The third-order valence-electron chi connectivity index (χ3n) is 3.24. The molecule has 2 aromatic rings. The van der Waals surface area contributed by atoms with Crippen LogP contribution in [0.4, 0.5) is 10.1 Å². The molecule has 1 N–H and O–H groups in total. The number of hydrogen-bond donors (Lipinski definition) is 1. The smallest absolute Gasteiger partial charge is 0.143 e. The van der Waals surface area contributed by atoms with Crippen molar-refractivity contribution in [3.05, 3.63) is 34.2 Å². The van der Waals surface area contributed by atoms with Gasteiger partial charge in [0.2, 0.25) is 0 Å². The molecule has 0 aliphatic heterocycles. The van der Waals surface area contributed by atoms with Crippen molar-refractivity contribution in [2.75, 3.05) is 11.9 Å². The quantitative estimate of drug-likeness (QED) is 0.876. The zero-order valence-corrected chi connectivity index (χ0v) is 12.2. The predicted octanol–water partition coefficient (Wildman–Crippen LogP) is 4.72. The molecule has 0 fully saturated rings. The van der Waals surface area contributed by atoms with E-state index >= 15 is 0 Å². The number of rotatable bonds is 4. The SMILES string of the molecule is CCCNc1c(CC)c(C)nc2cc(F)c(Cl)cc12. The Kier molecular flexibility index (Phi) is 4.25. The summed E-state index contributed by atoms with van der Waals surface area (Å²) in [5.74, 6) is -0.424. The molecule has 1 heterocycles.